The topological polar surface area (TPSA) is 95.6 Å². The van der Waals surface area contributed by atoms with Gasteiger partial charge in [-0.15, -0.1) is 0 Å². The molecule has 182 valence electrons. The van der Waals surface area contributed by atoms with Crippen molar-refractivity contribution in [2.24, 2.45) is 0 Å². The molecule has 0 unspecified atom stereocenters. The molecule has 0 saturated carbocycles. The van der Waals surface area contributed by atoms with E-state index in [4.69, 9.17) is 21.3 Å². The average Bonchev–Trinajstić information content (AvgIpc) is 3.53. The summed E-state index contributed by atoms with van der Waals surface area (Å²) in [5.41, 5.74) is 5.96. The summed E-state index contributed by atoms with van der Waals surface area (Å²) in [5, 5.41) is 1.75. The van der Waals surface area contributed by atoms with Crippen molar-refractivity contribution in [3.63, 3.8) is 0 Å². The summed E-state index contributed by atoms with van der Waals surface area (Å²) in [6.07, 6.45) is 5.37. The second-order valence-electron chi connectivity index (χ2n) is 9.08. The van der Waals surface area contributed by atoms with E-state index in [0.717, 1.165) is 81.8 Å². The van der Waals surface area contributed by atoms with E-state index in [9.17, 15) is 0 Å². The van der Waals surface area contributed by atoms with Crippen molar-refractivity contribution in [1.82, 2.24) is 29.9 Å². The minimum atomic E-state index is 0.379. The highest BCUT2D eigenvalue weighted by molar-refractivity contribution is 6.30. The summed E-state index contributed by atoms with van der Waals surface area (Å²) in [7, 11) is 1.62. The van der Waals surface area contributed by atoms with Gasteiger partial charge in [0.1, 0.15) is 23.6 Å². The molecule has 0 atom stereocenters. The third-order valence-corrected chi connectivity index (χ3v) is 7.13. The molecule has 0 amide bonds. The lowest BCUT2D eigenvalue weighted by atomic mass is 9.96. The van der Waals surface area contributed by atoms with Crippen molar-refractivity contribution in [2.45, 2.75) is 25.7 Å². The van der Waals surface area contributed by atoms with Gasteiger partial charge in [-0.05, 0) is 49.6 Å². The van der Waals surface area contributed by atoms with E-state index in [2.05, 4.69) is 42.8 Å². The molecule has 1 aliphatic rings. The first-order valence-electron chi connectivity index (χ1n) is 12.0. The number of hydrogen-bond donors (Lipinski definition) is 2. The van der Waals surface area contributed by atoms with E-state index in [0.29, 0.717) is 11.8 Å². The average molecular weight is 500 g/mol. The van der Waals surface area contributed by atoms with E-state index >= 15 is 0 Å². The Hall–Kier alpha value is -3.91. The number of aromatic nitrogens is 6. The van der Waals surface area contributed by atoms with Crippen molar-refractivity contribution < 1.29 is 4.74 Å². The number of ether oxygens (including phenoxy) is 1. The van der Waals surface area contributed by atoms with E-state index in [1.54, 1.807) is 19.6 Å². The Morgan fingerprint density at radius 1 is 0.972 bits per heavy atom. The molecule has 0 radical (unpaired) electrons. The highest BCUT2D eigenvalue weighted by Gasteiger charge is 2.26. The van der Waals surface area contributed by atoms with Gasteiger partial charge in [0.2, 0.25) is 5.88 Å². The Labute approximate surface area is 213 Å². The number of anilines is 1. The first-order chi connectivity index (χ1) is 17.6. The molecule has 5 aromatic rings. The van der Waals surface area contributed by atoms with E-state index in [1.165, 1.54) is 0 Å². The number of pyridine rings is 1. The lowest BCUT2D eigenvalue weighted by molar-refractivity contribution is 0.398. The summed E-state index contributed by atoms with van der Waals surface area (Å²) < 4.78 is 5.28. The number of H-pyrrole nitrogens is 2. The number of halogens is 1. The number of aromatic amines is 2. The zero-order chi connectivity index (χ0) is 24.6. The summed E-state index contributed by atoms with van der Waals surface area (Å²) in [6.45, 7) is 3.85. The first kappa shape index (κ1) is 22.5. The molecular formula is C27H26ClN7O. The third-order valence-electron chi connectivity index (χ3n) is 6.88. The molecule has 6 rings (SSSR count). The minimum Gasteiger partial charge on any atom is -0.481 e. The van der Waals surface area contributed by atoms with Gasteiger partial charge < -0.3 is 19.6 Å². The monoisotopic (exact) mass is 499 g/mol. The van der Waals surface area contributed by atoms with Crippen LogP contribution in [0.2, 0.25) is 5.02 Å². The Bertz CT molecular complexity index is 1520. The van der Waals surface area contributed by atoms with Crippen molar-refractivity contribution in [3.05, 3.63) is 71.5 Å². The second-order valence-corrected chi connectivity index (χ2v) is 9.52. The van der Waals surface area contributed by atoms with Gasteiger partial charge in [-0.2, -0.15) is 0 Å². The van der Waals surface area contributed by atoms with Crippen LogP contribution in [0.15, 0.2) is 55.0 Å². The fourth-order valence-corrected chi connectivity index (χ4v) is 5.09. The van der Waals surface area contributed by atoms with Crippen LogP contribution in [0.1, 0.15) is 30.3 Å². The zero-order valence-corrected chi connectivity index (χ0v) is 20.9. The van der Waals surface area contributed by atoms with Gasteiger partial charge in [-0.3, -0.25) is 0 Å². The van der Waals surface area contributed by atoms with Crippen molar-refractivity contribution in [2.75, 3.05) is 25.1 Å². The Morgan fingerprint density at radius 2 is 1.78 bits per heavy atom. The minimum absolute atomic E-state index is 0.379. The van der Waals surface area contributed by atoms with Crippen LogP contribution >= 0.6 is 11.6 Å². The number of benzene rings is 1. The van der Waals surface area contributed by atoms with Crippen LogP contribution in [0.4, 0.5) is 5.82 Å². The SMILES string of the molecule is COc1cc(-c2cc3c(N4CCC(c5nc(C)c(-c6ccc(Cl)cc6)[nH]5)CC4)ncnc3[nH]2)ccn1. The number of hydrogen-bond acceptors (Lipinski definition) is 6. The second kappa shape index (κ2) is 9.28. The van der Waals surface area contributed by atoms with Crippen LogP contribution in [0, 0.1) is 6.92 Å². The maximum atomic E-state index is 6.06. The summed E-state index contributed by atoms with van der Waals surface area (Å²) in [5.74, 6) is 2.97. The molecule has 5 heterocycles. The highest BCUT2D eigenvalue weighted by Crippen LogP contribution is 2.34. The van der Waals surface area contributed by atoms with Crippen LogP contribution in [0.5, 0.6) is 5.88 Å². The smallest absolute Gasteiger partial charge is 0.213 e. The Balaban J connectivity index is 1.21. The standard InChI is InChI=1S/C27H26ClN7O/c1-16-24(17-3-5-20(28)6-4-17)34-25(32-16)18-8-11-35(12-9-18)27-21-14-22(33-26(21)30-15-31-27)19-7-10-29-23(13-19)36-2/h3-7,10,13-15,18H,8-9,11-12H2,1-2H3,(H,32,34)(H,30,31,33). The van der Waals surface area contributed by atoms with Crippen molar-refractivity contribution in [3.8, 4) is 28.4 Å². The number of fused-ring (bicyclic) bond motifs is 1. The molecule has 8 nitrogen and oxygen atoms in total. The molecule has 1 saturated heterocycles. The highest BCUT2D eigenvalue weighted by atomic mass is 35.5. The Kier molecular flexibility index (Phi) is 5.81. The molecule has 36 heavy (non-hydrogen) atoms. The van der Waals surface area contributed by atoms with E-state index in [-0.39, 0.29) is 0 Å². The number of imidazole rings is 1. The van der Waals surface area contributed by atoms with Gasteiger partial charge in [-0.25, -0.2) is 19.9 Å². The fourth-order valence-electron chi connectivity index (χ4n) is 4.96. The molecule has 1 fully saturated rings. The molecular weight excluding hydrogens is 474 g/mol. The molecule has 4 aromatic heterocycles. The van der Waals surface area contributed by atoms with Crippen LogP contribution in [0.25, 0.3) is 33.5 Å². The van der Waals surface area contributed by atoms with Gasteiger partial charge >= 0.3 is 0 Å². The van der Waals surface area contributed by atoms with Gasteiger partial charge in [0.25, 0.3) is 0 Å². The molecule has 1 aliphatic heterocycles. The Morgan fingerprint density at radius 3 is 2.56 bits per heavy atom. The molecule has 0 aliphatic carbocycles. The van der Waals surface area contributed by atoms with Gasteiger partial charge in [0, 0.05) is 47.6 Å². The number of rotatable bonds is 5. The normalized spacial score (nSPS) is 14.5. The molecule has 1 aromatic carbocycles. The quantitative estimate of drug-likeness (QED) is 0.319. The van der Waals surface area contributed by atoms with Crippen molar-refractivity contribution >= 4 is 28.5 Å². The number of aryl methyl sites for hydroxylation is 1. The van der Waals surface area contributed by atoms with Crippen LogP contribution in [-0.2, 0) is 0 Å². The molecule has 9 heteroatoms. The van der Waals surface area contributed by atoms with Gasteiger partial charge in [0.15, 0.2) is 0 Å². The zero-order valence-electron chi connectivity index (χ0n) is 20.1. The maximum Gasteiger partial charge on any atom is 0.213 e. The fraction of sp³-hybridized carbons (Fsp3) is 0.259. The molecule has 0 bridgehead atoms. The summed E-state index contributed by atoms with van der Waals surface area (Å²) in [6, 6.07) is 13.9. The predicted octanol–water partition coefficient (Wildman–Crippen LogP) is 5.76. The van der Waals surface area contributed by atoms with Crippen molar-refractivity contribution in [1.29, 1.82) is 0 Å². The van der Waals surface area contributed by atoms with Gasteiger partial charge in [-0.1, -0.05) is 23.7 Å². The maximum absolute atomic E-state index is 6.06. The van der Waals surface area contributed by atoms with E-state index in [1.807, 2.05) is 36.4 Å². The van der Waals surface area contributed by atoms with Crippen LogP contribution in [0.3, 0.4) is 0 Å². The summed E-state index contributed by atoms with van der Waals surface area (Å²) in [4.78, 5) is 27.6. The third kappa shape index (κ3) is 4.18. The van der Waals surface area contributed by atoms with E-state index < -0.39 is 0 Å². The molecule has 2 N–H and O–H groups in total. The lowest BCUT2D eigenvalue weighted by Crippen LogP contribution is -2.33. The number of nitrogens with one attached hydrogen (secondary N) is 2. The first-order valence-corrected chi connectivity index (χ1v) is 12.4. The van der Waals surface area contributed by atoms with Crippen LogP contribution < -0.4 is 9.64 Å². The summed E-state index contributed by atoms with van der Waals surface area (Å²) >= 11 is 6.06. The largest absolute Gasteiger partial charge is 0.481 e. The molecule has 0 spiro atoms. The number of piperidine rings is 1. The lowest BCUT2D eigenvalue weighted by Gasteiger charge is -2.32. The number of methoxy groups -OCH3 is 1. The van der Waals surface area contributed by atoms with Gasteiger partial charge in [0.05, 0.1) is 23.9 Å². The predicted molar refractivity (Wildman–Crippen MR) is 142 cm³/mol. The number of nitrogens with zero attached hydrogens (tertiary/aromatic N) is 5. The van der Waals surface area contributed by atoms with Crippen LogP contribution in [-0.4, -0.2) is 50.1 Å².